The molecule has 0 radical (unpaired) electrons. The average Bonchev–Trinajstić information content (AvgIpc) is 2.50. The molecule has 0 aliphatic heterocycles. The molecule has 3 aromatic rings. The molecule has 0 atom stereocenters. The Morgan fingerprint density at radius 1 is 0.952 bits per heavy atom. The standard InChI is InChI=1S/C15H10Cl2N4/c16-11-4-3-5-12(17)10(11)8-19-21-15-9-18-13-6-1-2-7-14(13)20-15/h1-9H,(H,20,21)/b19-8+. The Balaban J connectivity index is 1.81. The van der Waals surface area contributed by atoms with E-state index >= 15 is 0 Å². The summed E-state index contributed by atoms with van der Waals surface area (Å²) < 4.78 is 0. The first-order valence-electron chi connectivity index (χ1n) is 6.19. The second-order valence-electron chi connectivity index (χ2n) is 4.25. The lowest BCUT2D eigenvalue weighted by atomic mass is 10.2. The minimum Gasteiger partial charge on any atom is -0.260 e. The van der Waals surface area contributed by atoms with Crippen LogP contribution in [-0.4, -0.2) is 16.2 Å². The van der Waals surface area contributed by atoms with Crippen LogP contribution in [0.1, 0.15) is 5.56 Å². The predicted molar refractivity (Wildman–Crippen MR) is 87.2 cm³/mol. The normalized spacial score (nSPS) is 11.1. The number of nitrogens with one attached hydrogen (secondary N) is 1. The molecule has 0 spiro atoms. The van der Waals surface area contributed by atoms with Gasteiger partial charge in [0, 0.05) is 5.56 Å². The number of para-hydroxylation sites is 2. The second-order valence-corrected chi connectivity index (χ2v) is 5.06. The third-order valence-corrected chi connectivity index (χ3v) is 3.48. The van der Waals surface area contributed by atoms with Gasteiger partial charge in [0.15, 0.2) is 5.82 Å². The van der Waals surface area contributed by atoms with Gasteiger partial charge in [-0.3, -0.25) is 10.4 Å². The van der Waals surface area contributed by atoms with Gasteiger partial charge in [0.05, 0.1) is 33.5 Å². The lowest BCUT2D eigenvalue weighted by Gasteiger charge is -2.02. The van der Waals surface area contributed by atoms with E-state index < -0.39 is 0 Å². The molecule has 104 valence electrons. The molecule has 2 aromatic carbocycles. The zero-order valence-electron chi connectivity index (χ0n) is 10.8. The van der Waals surface area contributed by atoms with Crippen LogP contribution in [0.2, 0.25) is 10.0 Å². The van der Waals surface area contributed by atoms with E-state index in [1.54, 1.807) is 30.6 Å². The van der Waals surface area contributed by atoms with Crippen LogP contribution in [-0.2, 0) is 0 Å². The Hall–Kier alpha value is -2.17. The van der Waals surface area contributed by atoms with Crippen LogP contribution in [0.3, 0.4) is 0 Å². The van der Waals surface area contributed by atoms with Crippen molar-refractivity contribution >= 4 is 46.3 Å². The maximum Gasteiger partial charge on any atom is 0.165 e. The van der Waals surface area contributed by atoms with Crippen molar-refractivity contribution in [2.75, 3.05) is 5.43 Å². The summed E-state index contributed by atoms with van der Waals surface area (Å²) in [6.07, 6.45) is 3.18. The fraction of sp³-hybridized carbons (Fsp3) is 0. The van der Waals surface area contributed by atoms with Crippen molar-refractivity contribution < 1.29 is 0 Å². The lowest BCUT2D eigenvalue weighted by Crippen LogP contribution is -1.96. The molecule has 0 aliphatic rings. The van der Waals surface area contributed by atoms with E-state index in [0.717, 1.165) is 11.0 Å². The summed E-state index contributed by atoms with van der Waals surface area (Å²) in [6, 6.07) is 12.9. The lowest BCUT2D eigenvalue weighted by molar-refractivity contribution is 1.22. The van der Waals surface area contributed by atoms with Crippen LogP contribution in [0.4, 0.5) is 5.82 Å². The molecule has 3 rings (SSSR count). The number of rotatable bonds is 3. The van der Waals surface area contributed by atoms with Gasteiger partial charge < -0.3 is 0 Å². The van der Waals surface area contributed by atoms with Crippen LogP contribution < -0.4 is 5.43 Å². The van der Waals surface area contributed by atoms with Gasteiger partial charge >= 0.3 is 0 Å². The Morgan fingerprint density at radius 3 is 2.43 bits per heavy atom. The summed E-state index contributed by atoms with van der Waals surface area (Å²) in [6.45, 7) is 0. The number of halogens is 2. The number of benzene rings is 2. The largest absolute Gasteiger partial charge is 0.260 e. The number of fused-ring (bicyclic) bond motifs is 1. The van der Waals surface area contributed by atoms with Gasteiger partial charge in [-0.05, 0) is 24.3 Å². The van der Waals surface area contributed by atoms with Gasteiger partial charge in [-0.1, -0.05) is 41.4 Å². The van der Waals surface area contributed by atoms with E-state index in [2.05, 4.69) is 20.5 Å². The van der Waals surface area contributed by atoms with Crippen LogP contribution in [0.5, 0.6) is 0 Å². The fourth-order valence-corrected chi connectivity index (χ4v) is 2.30. The topological polar surface area (TPSA) is 50.2 Å². The van der Waals surface area contributed by atoms with E-state index in [0.29, 0.717) is 21.4 Å². The fourth-order valence-electron chi connectivity index (χ4n) is 1.81. The third-order valence-electron chi connectivity index (χ3n) is 2.82. The molecule has 0 amide bonds. The number of aromatic nitrogens is 2. The van der Waals surface area contributed by atoms with E-state index in [-0.39, 0.29) is 0 Å². The molecule has 0 bridgehead atoms. The first-order chi connectivity index (χ1) is 10.2. The highest BCUT2D eigenvalue weighted by Crippen LogP contribution is 2.22. The first kappa shape index (κ1) is 13.8. The minimum atomic E-state index is 0.539. The van der Waals surface area contributed by atoms with Crippen molar-refractivity contribution in [2.24, 2.45) is 5.10 Å². The Bertz CT molecular complexity index is 797. The summed E-state index contributed by atoms with van der Waals surface area (Å²) in [5.74, 6) is 0.549. The number of hydrazone groups is 1. The van der Waals surface area contributed by atoms with Gasteiger partial charge in [-0.25, -0.2) is 4.98 Å². The first-order valence-corrected chi connectivity index (χ1v) is 6.94. The molecule has 6 heteroatoms. The predicted octanol–water partition coefficient (Wildman–Crippen LogP) is 4.38. The van der Waals surface area contributed by atoms with Crippen molar-refractivity contribution in [3.63, 3.8) is 0 Å². The van der Waals surface area contributed by atoms with Crippen LogP contribution in [0.15, 0.2) is 53.8 Å². The Morgan fingerprint density at radius 2 is 1.67 bits per heavy atom. The molecule has 0 fully saturated rings. The zero-order valence-corrected chi connectivity index (χ0v) is 12.3. The van der Waals surface area contributed by atoms with E-state index in [1.165, 1.54) is 0 Å². The molecule has 0 aliphatic carbocycles. The molecule has 1 N–H and O–H groups in total. The highest BCUT2D eigenvalue weighted by atomic mass is 35.5. The molecular formula is C15H10Cl2N4. The summed E-state index contributed by atoms with van der Waals surface area (Å²) in [5.41, 5.74) is 5.11. The SMILES string of the molecule is Clc1cccc(Cl)c1/C=N/Nc1cnc2ccccc2n1. The quantitative estimate of drug-likeness (QED) is 0.576. The van der Waals surface area contributed by atoms with Gasteiger partial charge in [0.25, 0.3) is 0 Å². The average molecular weight is 317 g/mol. The van der Waals surface area contributed by atoms with Gasteiger partial charge in [-0.2, -0.15) is 5.10 Å². The molecule has 1 heterocycles. The van der Waals surface area contributed by atoms with Gasteiger partial charge in [0.2, 0.25) is 0 Å². The van der Waals surface area contributed by atoms with Gasteiger partial charge in [-0.15, -0.1) is 0 Å². The van der Waals surface area contributed by atoms with E-state index in [1.807, 2.05) is 24.3 Å². The van der Waals surface area contributed by atoms with Crippen molar-refractivity contribution in [3.8, 4) is 0 Å². The summed E-state index contributed by atoms with van der Waals surface area (Å²) in [5, 5.41) is 5.17. The summed E-state index contributed by atoms with van der Waals surface area (Å²) >= 11 is 12.1. The molecule has 1 aromatic heterocycles. The Labute approximate surface area is 131 Å². The smallest absolute Gasteiger partial charge is 0.165 e. The number of anilines is 1. The monoisotopic (exact) mass is 316 g/mol. The molecule has 21 heavy (non-hydrogen) atoms. The van der Waals surface area contributed by atoms with Crippen LogP contribution >= 0.6 is 23.2 Å². The summed E-state index contributed by atoms with van der Waals surface area (Å²) in [4.78, 5) is 8.69. The summed E-state index contributed by atoms with van der Waals surface area (Å²) in [7, 11) is 0. The highest BCUT2D eigenvalue weighted by Gasteiger charge is 2.02. The van der Waals surface area contributed by atoms with Crippen LogP contribution in [0, 0.1) is 0 Å². The number of hydrogen-bond donors (Lipinski definition) is 1. The van der Waals surface area contributed by atoms with Crippen LogP contribution in [0.25, 0.3) is 11.0 Å². The van der Waals surface area contributed by atoms with Crippen molar-refractivity contribution in [2.45, 2.75) is 0 Å². The van der Waals surface area contributed by atoms with Gasteiger partial charge in [0.1, 0.15) is 0 Å². The molecular weight excluding hydrogens is 307 g/mol. The molecule has 0 saturated heterocycles. The maximum absolute atomic E-state index is 6.06. The van der Waals surface area contributed by atoms with Crippen molar-refractivity contribution in [1.82, 2.24) is 9.97 Å². The number of nitrogens with zero attached hydrogens (tertiary/aromatic N) is 3. The second kappa shape index (κ2) is 6.08. The minimum absolute atomic E-state index is 0.539. The number of hydrogen-bond acceptors (Lipinski definition) is 4. The zero-order chi connectivity index (χ0) is 14.7. The van der Waals surface area contributed by atoms with Crippen molar-refractivity contribution in [1.29, 1.82) is 0 Å². The highest BCUT2D eigenvalue weighted by molar-refractivity contribution is 6.38. The Kier molecular flexibility index (Phi) is 3.99. The third kappa shape index (κ3) is 3.12. The molecule has 0 saturated carbocycles. The molecule has 4 nitrogen and oxygen atoms in total. The molecule has 0 unspecified atom stereocenters. The van der Waals surface area contributed by atoms with E-state index in [4.69, 9.17) is 23.2 Å². The van der Waals surface area contributed by atoms with Crippen molar-refractivity contribution in [3.05, 3.63) is 64.3 Å². The maximum atomic E-state index is 6.06. The van der Waals surface area contributed by atoms with E-state index in [9.17, 15) is 0 Å².